The van der Waals surface area contributed by atoms with Crippen LogP contribution in [0.2, 0.25) is 0 Å². The van der Waals surface area contributed by atoms with Gasteiger partial charge in [0.25, 0.3) is 0 Å². The second kappa shape index (κ2) is 36.2. The Kier molecular flexibility index (Phi) is 33.7. The summed E-state index contributed by atoms with van der Waals surface area (Å²) in [5, 5.41) is 72.6. The maximum absolute atomic E-state index is 10.9. The number of aliphatic hydroxyl groups is 7. The van der Waals surface area contributed by atoms with Crippen molar-refractivity contribution in [1.29, 1.82) is 0 Å². The normalized spacial score (nSPS) is 28.8. The fourth-order valence-corrected chi connectivity index (χ4v) is 9.51. The molecular weight excluding hydrogens is 869 g/mol. The lowest BCUT2D eigenvalue weighted by Gasteiger charge is -2.42. The van der Waals surface area contributed by atoms with Crippen LogP contribution in [0.25, 0.3) is 0 Å². The van der Waals surface area contributed by atoms with Crippen LogP contribution >= 0.6 is 0 Å². The molecule has 2 rings (SSSR count). The van der Waals surface area contributed by atoms with Crippen molar-refractivity contribution in [3.05, 3.63) is 11.6 Å². The zero-order valence-corrected chi connectivity index (χ0v) is 44.7. The molecule has 7 N–H and O–H groups in total. The first kappa shape index (κ1) is 63.3. The molecule has 0 amide bonds. The summed E-state index contributed by atoms with van der Waals surface area (Å²) in [4.78, 5) is 0. The highest BCUT2D eigenvalue weighted by Crippen LogP contribution is 2.28. The van der Waals surface area contributed by atoms with Gasteiger partial charge < -0.3 is 64.2 Å². The van der Waals surface area contributed by atoms with Gasteiger partial charge in [0, 0.05) is 6.61 Å². The lowest BCUT2D eigenvalue weighted by atomic mass is 9.91. The highest BCUT2D eigenvalue weighted by molar-refractivity contribution is 4.98. The minimum absolute atomic E-state index is 0.0320. The smallest absolute Gasteiger partial charge is 0.186 e. The van der Waals surface area contributed by atoms with Crippen LogP contribution in [-0.2, 0) is 28.4 Å². The fraction of sp³-hybridized carbons (Fsp3) is 0.964. The summed E-state index contributed by atoms with van der Waals surface area (Å²) < 4.78 is 35.4. The number of aliphatic hydroxyl groups excluding tert-OH is 7. The SMILES string of the molecule is C/C(=C\CO[C@H](COCCC(C)CCCC(C)CCCC(C)CCCC(C)C)COC1OC(COC2OC(CO)C(O)C(O)C2O)C(O)C(O)C1O)CCCC(C)CCCC(C)CCCC(C)C. The number of hydrogen-bond donors (Lipinski definition) is 7. The Hall–Kier alpha value is -0.780. The first-order valence-corrected chi connectivity index (χ1v) is 27.4. The van der Waals surface area contributed by atoms with E-state index in [0.717, 1.165) is 55.3 Å². The summed E-state index contributed by atoms with van der Waals surface area (Å²) in [5.74, 6) is 5.19. The number of hydrogen-bond acceptors (Lipinski definition) is 13. The maximum Gasteiger partial charge on any atom is 0.186 e. The van der Waals surface area contributed by atoms with Crippen molar-refractivity contribution in [2.75, 3.05) is 39.6 Å². The van der Waals surface area contributed by atoms with E-state index >= 15 is 0 Å². The van der Waals surface area contributed by atoms with E-state index in [1.165, 1.54) is 102 Å². The van der Waals surface area contributed by atoms with E-state index in [1.54, 1.807) is 0 Å². The first-order chi connectivity index (χ1) is 32.3. The van der Waals surface area contributed by atoms with E-state index in [9.17, 15) is 35.7 Å². The van der Waals surface area contributed by atoms with Gasteiger partial charge in [0.15, 0.2) is 12.6 Å². The van der Waals surface area contributed by atoms with Gasteiger partial charge in [0.05, 0.1) is 33.0 Å². The van der Waals surface area contributed by atoms with E-state index in [4.69, 9.17) is 28.4 Å². The average molecular weight is 975 g/mol. The van der Waals surface area contributed by atoms with Crippen LogP contribution in [0, 0.1) is 41.4 Å². The second-order valence-corrected chi connectivity index (χ2v) is 22.6. The summed E-state index contributed by atoms with van der Waals surface area (Å²) in [6.07, 6.45) is 10.4. The van der Waals surface area contributed by atoms with Gasteiger partial charge in [-0.15, -0.1) is 0 Å². The molecule has 2 heterocycles. The minimum Gasteiger partial charge on any atom is -0.394 e. The fourth-order valence-electron chi connectivity index (χ4n) is 9.51. The molecule has 2 aliphatic rings. The van der Waals surface area contributed by atoms with E-state index in [0.29, 0.717) is 25.0 Å². The molecule has 0 bridgehead atoms. The second-order valence-electron chi connectivity index (χ2n) is 22.6. The third kappa shape index (κ3) is 26.8. The van der Waals surface area contributed by atoms with Crippen molar-refractivity contribution in [1.82, 2.24) is 0 Å². The zero-order valence-electron chi connectivity index (χ0n) is 44.7. The van der Waals surface area contributed by atoms with Crippen LogP contribution in [0.1, 0.15) is 191 Å². The van der Waals surface area contributed by atoms with E-state index in [-0.39, 0.29) is 13.2 Å². The Labute approximate surface area is 414 Å². The monoisotopic (exact) mass is 975 g/mol. The average Bonchev–Trinajstić information content (AvgIpc) is 3.28. The largest absolute Gasteiger partial charge is 0.394 e. The Morgan fingerprint density at radius 3 is 1.37 bits per heavy atom. The Morgan fingerprint density at radius 2 is 0.897 bits per heavy atom. The number of rotatable bonds is 39. The van der Waals surface area contributed by atoms with Gasteiger partial charge in [0.1, 0.15) is 54.9 Å². The van der Waals surface area contributed by atoms with Crippen molar-refractivity contribution >= 4 is 0 Å². The summed E-state index contributed by atoms with van der Waals surface area (Å²) in [7, 11) is 0. The van der Waals surface area contributed by atoms with Crippen LogP contribution in [0.5, 0.6) is 0 Å². The highest BCUT2D eigenvalue weighted by atomic mass is 16.7. The lowest BCUT2D eigenvalue weighted by Crippen LogP contribution is -2.61. The third-order valence-corrected chi connectivity index (χ3v) is 14.6. The molecule has 0 radical (unpaired) electrons. The van der Waals surface area contributed by atoms with Crippen LogP contribution in [0.3, 0.4) is 0 Å². The third-order valence-electron chi connectivity index (χ3n) is 14.6. The first-order valence-electron chi connectivity index (χ1n) is 27.4. The van der Waals surface area contributed by atoms with Crippen LogP contribution < -0.4 is 0 Å². The predicted molar refractivity (Wildman–Crippen MR) is 270 cm³/mol. The summed E-state index contributed by atoms with van der Waals surface area (Å²) in [6, 6.07) is 0. The van der Waals surface area contributed by atoms with Gasteiger partial charge in [-0.25, -0.2) is 0 Å². The minimum atomic E-state index is -1.66. The molecule has 0 aromatic heterocycles. The molecule has 2 saturated heterocycles. The van der Waals surface area contributed by atoms with Gasteiger partial charge in [-0.2, -0.15) is 0 Å². The van der Waals surface area contributed by atoms with Gasteiger partial charge in [0.2, 0.25) is 0 Å². The zero-order chi connectivity index (χ0) is 50.6. The van der Waals surface area contributed by atoms with Crippen molar-refractivity contribution in [2.24, 2.45) is 41.4 Å². The molecule has 68 heavy (non-hydrogen) atoms. The maximum atomic E-state index is 10.9. The van der Waals surface area contributed by atoms with Crippen LogP contribution in [0.15, 0.2) is 11.6 Å². The Bertz CT molecular complexity index is 1250. The van der Waals surface area contributed by atoms with Gasteiger partial charge in [-0.3, -0.25) is 0 Å². The van der Waals surface area contributed by atoms with Crippen molar-refractivity contribution in [2.45, 2.75) is 259 Å². The Morgan fingerprint density at radius 1 is 0.485 bits per heavy atom. The van der Waals surface area contributed by atoms with Crippen molar-refractivity contribution < 1.29 is 64.2 Å². The van der Waals surface area contributed by atoms with Crippen LogP contribution in [-0.4, -0.2) is 143 Å². The topological polar surface area (TPSA) is 197 Å². The molecule has 0 saturated carbocycles. The van der Waals surface area contributed by atoms with E-state index in [2.05, 4.69) is 75.3 Å². The summed E-state index contributed by atoms with van der Waals surface area (Å²) in [6.45, 7) is 23.3. The predicted octanol–water partition coefficient (Wildman–Crippen LogP) is 8.88. The van der Waals surface area contributed by atoms with Gasteiger partial charge >= 0.3 is 0 Å². The lowest BCUT2D eigenvalue weighted by molar-refractivity contribution is -0.333. The summed E-state index contributed by atoms with van der Waals surface area (Å²) >= 11 is 0. The van der Waals surface area contributed by atoms with Crippen molar-refractivity contribution in [3.8, 4) is 0 Å². The molecular formula is C55H106O13. The molecule has 13 nitrogen and oxygen atoms in total. The molecule has 0 aliphatic carbocycles. The van der Waals surface area contributed by atoms with Gasteiger partial charge in [-0.05, 0) is 67.6 Å². The number of ether oxygens (including phenoxy) is 6. The molecule has 404 valence electrons. The molecule has 0 aromatic carbocycles. The number of allylic oxidation sites excluding steroid dienone is 1. The van der Waals surface area contributed by atoms with Crippen LogP contribution in [0.4, 0.5) is 0 Å². The molecule has 2 fully saturated rings. The van der Waals surface area contributed by atoms with Gasteiger partial charge in [-0.1, -0.05) is 177 Å². The van der Waals surface area contributed by atoms with Crippen molar-refractivity contribution in [3.63, 3.8) is 0 Å². The molecule has 0 spiro atoms. The molecule has 2 aliphatic heterocycles. The standard InChI is InChI=1S/C55H106O13/c1-37(2)17-11-19-39(5)21-13-23-41(7)25-15-27-43(9)29-31-63-34-45(64-32-30-44(10)28-16-26-42(8)24-14-22-40(6)20-12-18-38(3)4)35-65-54-53(62)51(60)49(58)47(68-54)36-66-55-52(61)50(59)48(57)46(33-56)67-55/h30,37-43,45-62H,11-29,31-36H2,1-10H3/b44-30+/t39?,40?,41?,42?,43?,45-,46?,47?,48?,49?,50?,51?,52?,53?,54?,55?/m1/s1. The van der Waals surface area contributed by atoms with E-state index < -0.39 is 80.7 Å². The Balaban J connectivity index is 1.89. The summed E-state index contributed by atoms with van der Waals surface area (Å²) in [5.41, 5.74) is 1.26. The van der Waals surface area contributed by atoms with E-state index in [1.807, 2.05) is 0 Å². The molecule has 0 aromatic rings. The molecule has 13 heteroatoms. The molecule has 16 atom stereocenters. The quantitative estimate of drug-likeness (QED) is 0.0228. The molecule has 15 unspecified atom stereocenters. The highest BCUT2D eigenvalue weighted by Gasteiger charge is 2.47.